The molecule has 0 saturated carbocycles. The van der Waals surface area contributed by atoms with Gasteiger partial charge in [0, 0.05) is 19.0 Å². The van der Waals surface area contributed by atoms with Crippen LogP contribution in [0, 0.1) is 0 Å². The number of rotatable bonds is 10. The number of unbranched alkanes of at least 4 members (excludes halogenated alkanes) is 1. The SMILES string of the molecule is CCCCC(CN)NS(=O)(=O)CCCC(=O)O. The predicted molar refractivity (Wildman–Crippen MR) is 66.2 cm³/mol. The van der Waals surface area contributed by atoms with Crippen molar-refractivity contribution in [2.24, 2.45) is 5.73 Å². The molecule has 1 unspecified atom stereocenters. The Morgan fingerprint density at radius 1 is 1.41 bits per heavy atom. The maximum atomic E-state index is 11.6. The Labute approximate surface area is 103 Å². The maximum absolute atomic E-state index is 11.6. The molecule has 17 heavy (non-hydrogen) atoms. The molecule has 7 heteroatoms. The maximum Gasteiger partial charge on any atom is 0.303 e. The van der Waals surface area contributed by atoms with Gasteiger partial charge in [0.15, 0.2) is 0 Å². The van der Waals surface area contributed by atoms with E-state index >= 15 is 0 Å². The highest BCUT2D eigenvalue weighted by Gasteiger charge is 2.16. The van der Waals surface area contributed by atoms with E-state index in [2.05, 4.69) is 4.72 Å². The second-order valence-corrected chi connectivity index (χ2v) is 5.88. The number of carboxylic acid groups (broad SMARTS) is 1. The number of nitrogens with one attached hydrogen (secondary N) is 1. The Hall–Kier alpha value is -0.660. The molecule has 0 aromatic heterocycles. The van der Waals surface area contributed by atoms with Crippen molar-refractivity contribution in [1.82, 2.24) is 4.72 Å². The van der Waals surface area contributed by atoms with Gasteiger partial charge in [-0.3, -0.25) is 4.79 Å². The summed E-state index contributed by atoms with van der Waals surface area (Å²) in [6.07, 6.45) is 2.60. The summed E-state index contributed by atoms with van der Waals surface area (Å²) in [5, 5.41) is 8.42. The summed E-state index contributed by atoms with van der Waals surface area (Å²) in [5.74, 6) is -1.15. The summed E-state index contributed by atoms with van der Waals surface area (Å²) < 4.78 is 25.7. The van der Waals surface area contributed by atoms with Gasteiger partial charge in [0.2, 0.25) is 10.0 Å². The highest BCUT2D eigenvalue weighted by molar-refractivity contribution is 7.89. The summed E-state index contributed by atoms with van der Waals surface area (Å²) in [4.78, 5) is 10.3. The molecule has 0 aliphatic heterocycles. The van der Waals surface area contributed by atoms with E-state index in [4.69, 9.17) is 10.8 Å². The number of carboxylic acids is 1. The number of sulfonamides is 1. The molecule has 0 spiro atoms. The minimum Gasteiger partial charge on any atom is -0.481 e. The van der Waals surface area contributed by atoms with Crippen LogP contribution in [-0.2, 0) is 14.8 Å². The van der Waals surface area contributed by atoms with Gasteiger partial charge in [-0.2, -0.15) is 0 Å². The molecule has 6 nitrogen and oxygen atoms in total. The van der Waals surface area contributed by atoms with Crippen LogP contribution in [0.1, 0.15) is 39.0 Å². The summed E-state index contributed by atoms with van der Waals surface area (Å²) in [6.45, 7) is 2.28. The van der Waals surface area contributed by atoms with E-state index in [-0.39, 0.29) is 31.2 Å². The summed E-state index contributed by atoms with van der Waals surface area (Å²) >= 11 is 0. The quantitative estimate of drug-likeness (QED) is 0.526. The van der Waals surface area contributed by atoms with Gasteiger partial charge in [-0.25, -0.2) is 13.1 Å². The van der Waals surface area contributed by atoms with Crippen molar-refractivity contribution in [2.75, 3.05) is 12.3 Å². The minimum absolute atomic E-state index is 0.121. The van der Waals surface area contributed by atoms with Gasteiger partial charge < -0.3 is 10.8 Å². The summed E-state index contributed by atoms with van der Waals surface area (Å²) in [6, 6.07) is -0.246. The fourth-order valence-electron chi connectivity index (χ4n) is 1.40. The van der Waals surface area contributed by atoms with Crippen LogP contribution in [0.5, 0.6) is 0 Å². The fourth-order valence-corrected chi connectivity index (χ4v) is 2.77. The first-order chi connectivity index (χ1) is 7.91. The van der Waals surface area contributed by atoms with Crippen LogP contribution in [0.25, 0.3) is 0 Å². The van der Waals surface area contributed by atoms with Gasteiger partial charge in [-0.15, -0.1) is 0 Å². The molecule has 4 N–H and O–H groups in total. The Morgan fingerprint density at radius 2 is 2.06 bits per heavy atom. The number of nitrogens with two attached hydrogens (primary N) is 1. The van der Waals surface area contributed by atoms with E-state index in [1.54, 1.807) is 0 Å². The second-order valence-electron chi connectivity index (χ2n) is 4.01. The van der Waals surface area contributed by atoms with Gasteiger partial charge in [0.25, 0.3) is 0 Å². The standard InChI is InChI=1S/C10H22N2O4S/c1-2-3-5-9(8-11)12-17(15,16)7-4-6-10(13)14/h9,12H,2-8,11H2,1H3,(H,13,14). The van der Waals surface area contributed by atoms with E-state index in [1.807, 2.05) is 6.92 Å². The lowest BCUT2D eigenvalue weighted by molar-refractivity contribution is -0.137. The largest absolute Gasteiger partial charge is 0.481 e. The van der Waals surface area contributed by atoms with Gasteiger partial charge in [-0.1, -0.05) is 19.8 Å². The summed E-state index contributed by atoms with van der Waals surface area (Å²) in [7, 11) is -3.41. The smallest absolute Gasteiger partial charge is 0.303 e. The molecular formula is C10H22N2O4S. The molecule has 1 atom stereocenters. The molecule has 0 rings (SSSR count). The average molecular weight is 266 g/mol. The number of hydrogen-bond acceptors (Lipinski definition) is 4. The van der Waals surface area contributed by atoms with Crippen molar-refractivity contribution in [2.45, 2.75) is 45.1 Å². The Bertz CT molecular complexity index is 316. The molecule has 0 aliphatic rings. The van der Waals surface area contributed by atoms with Crippen molar-refractivity contribution >= 4 is 16.0 Å². The Balaban J connectivity index is 4.07. The zero-order valence-corrected chi connectivity index (χ0v) is 11.0. The molecule has 0 aromatic carbocycles. The number of hydrogen-bond donors (Lipinski definition) is 3. The summed E-state index contributed by atoms with van der Waals surface area (Å²) in [5.41, 5.74) is 5.48. The monoisotopic (exact) mass is 266 g/mol. The Morgan fingerprint density at radius 3 is 2.53 bits per heavy atom. The topological polar surface area (TPSA) is 109 Å². The lowest BCUT2D eigenvalue weighted by atomic mass is 10.1. The normalized spacial score (nSPS) is 13.5. The highest BCUT2D eigenvalue weighted by atomic mass is 32.2. The van der Waals surface area contributed by atoms with Crippen molar-refractivity contribution in [3.05, 3.63) is 0 Å². The first-order valence-corrected chi connectivity index (χ1v) is 7.48. The average Bonchev–Trinajstić information content (AvgIpc) is 2.23. The number of carbonyl (C=O) groups is 1. The van der Waals surface area contributed by atoms with Crippen LogP contribution in [0.2, 0.25) is 0 Å². The van der Waals surface area contributed by atoms with Gasteiger partial charge >= 0.3 is 5.97 Å². The zero-order chi connectivity index (χ0) is 13.3. The lowest BCUT2D eigenvalue weighted by Crippen LogP contribution is -2.41. The van der Waals surface area contributed by atoms with Crippen LogP contribution in [0.4, 0.5) is 0 Å². The van der Waals surface area contributed by atoms with Crippen LogP contribution in [0.3, 0.4) is 0 Å². The van der Waals surface area contributed by atoms with Crippen molar-refractivity contribution in [1.29, 1.82) is 0 Å². The lowest BCUT2D eigenvalue weighted by Gasteiger charge is -2.16. The first kappa shape index (κ1) is 16.3. The highest BCUT2D eigenvalue weighted by Crippen LogP contribution is 2.02. The van der Waals surface area contributed by atoms with Crippen molar-refractivity contribution < 1.29 is 18.3 Å². The minimum atomic E-state index is -3.41. The fraction of sp³-hybridized carbons (Fsp3) is 0.900. The molecule has 102 valence electrons. The molecule has 0 heterocycles. The van der Waals surface area contributed by atoms with E-state index in [1.165, 1.54) is 0 Å². The first-order valence-electron chi connectivity index (χ1n) is 5.83. The molecular weight excluding hydrogens is 244 g/mol. The van der Waals surface area contributed by atoms with Crippen LogP contribution in [-0.4, -0.2) is 37.8 Å². The van der Waals surface area contributed by atoms with E-state index < -0.39 is 16.0 Å². The van der Waals surface area contributed by atoms with Gasteiger partial charge in [-0.05, 0) is 12.8 Å². The molecule has 0 fully saturated rings. The Kier molecular flexibility index (Phi) is 8.11. The van der Waals surface area contributed by atoms with Gasteiger partial charge in [0.1, 0.15) is 0 Å². The van der Waals surface area contributed by atoms with Crippen molar-refractivity contribution in [3.8, 4) is 0 Å². The molecule has 0 aromatic rings. The number of aliphatic carboxylic acids is 1. The molecule has 0 bridgehead atoms. The third-order valence-electron chi connectivity index (χ3n) is 2.34. The van der Waals surface area contributed by atoms with Crippen LogP contribution < -0.4 is 10.5 Å². The second kappa shape index (κ2) is 8.43. The molecule has 0 aliphatic carbocycles. The third-order valence-corrected chi connectivity index (χ3v) is 3.86. The van der Waals surface area contributed by atoms with E-state index in [0.29, 0.717) is 6.42 Å². The third kappa shape index (κ3) is 9.08. The van der Waals surface area contributed by atoms with Crippen molar-refractivity contribution in [3.63, 3.8) is 0 Å². The molecule has 0 saturated heterocycles. The zero-order valence-electron chi connectivity index (χ0n) is 10.2. The van der Waals surface area contributed by atoms with E-state index in [0.717, 1.165) is 12.8 Å². The predicted octanol–water partition coefficient (Wildman–Crippen LogP) is 0.288. The van der Waals surface area contributed by atoms with Crippen LogP contribution >= 0.6 is 0 Å². The van der Waals surface area contributed by atoms with Gasteiger partial charge in [0.05, 0.1) is 5.75 Å². The van der Waals surface area contributed by atoms with Crippen LogP contribution in [0.15, 0.2) is 0 Å². The molecule has 0 radical (unpaired) electrons. The molecule has 0 amide bonds. The van der Waals surface area contributed by atoms with E-state index in [9.17, 15) is 13.2 Å².